The van der Waals surface area contributed by atoms with E-state index in [4.69, 9.17) is 24.4 Å². The minimum absolute atomic E-state index is 0.247. The predicted octanol–water partition coefficient (Wildman–Crippen LogP) is 7.37. The zero-order chi connectivity index (χ0) is 29.2. The van der Waals surface area contributed by atoms with E-state index < -0.39 is 0 Å². The summed E-state index contributed by atoms with van der Waals surface area (Å²) < 4.78 is 11.5. The van der Waals surface area contributed by atoms with Crippen LogP contribution in [0.15, 0.2) is 53.5 Å². The van der Waals surface area contributed by atoms with E-state index in [0.717, 1.165) is 84.0 Å². The lowest BCUT2D eigenvalue weighted by atomic mass is 9.85. The molecule has 0 radical (unpaired) electrons. The highest BCUT2D eigenvalue weighted by Crippen LogP contribution is 2.38. The molecule has 2 aliphatic heterocycles. The predicted molar refractivity (Wildman–Crippen MR) is 177 cm³/mol. The molecule has 4 heterocycles. The van der Waals surface area contributed by atoms with Crippen molar-refractivity contribution in [1.29, 1.82) is 0 Å². The largest absolute Gasteiger partial charge is 0.494 e. The van der Waals surface area contributed by atoms with Crippen molar-refractivity contribution in [2.24, 2.45) is 10.9 Å². The maximum absolute atomic E-state index is 5.74. The second-order valence-corrected chi connectivity index (χ2v) is 12.1. The zero-order valence-corrected chi connectivity index (χ0v) is 25.4. The Morgan fingerprint density at radius 2 is 1.33 bits per heavy atom. The Kier molecular flexibility index (Phi) is 7.92. The third kappa shape index (κ3) is 5.55. The SMILES string of the molecule is COc1cccc2c(N3CCCC3)cc(N=CC3CCCCC3Nc3cc(N4CCCC4)c4cccc(OC)c4n3)nc12. The second kappa shape index (κ2) is 12.3. The summed E-state index contributed by atoms with van der Waals surface area (Å²) in [5.41, 5.74) is 4.25. The lowest BCUT2D eigenvalue weighted by molar-refractivity contribution is 0.405. The number of hydrogen-bond acceptors (Lipinski definition) is 8. The lowest BCUT2D eigenvalue weighted by Gasteiger charge is -2.31. The number of para-hydroxylation sites is 2. The van der Waals surface area contributed by atoms with Crippen molar-refractivity contribution in [1.82, 2.24) is 9.97 Å². The Labute approximate surface area is 254 Å². The first kappa shape index (κ1) is 27.7. The number of anilines is 3. The molecule has 0 bridgehead atoms. The highest BCUT2D eigenvalue weighted by Gasteiger charge is 2.26. The average Bonchev–Trinajstić information content (AvgIpc) is 3.79. The molecule has 3 aliphatic rings. The fourth-order valence-corrected chi connectivity index (χ4v) is 7.18. The molecule has 224 valence electrons. The molecule has 2 atom stereocenters. The number of rotatable bonds is 8. The molecular weight excluding hydrogens is 536 g/mol. The number of nitrogens with one attached hydrogen (secondary N) is 1. The van der Waals surface area contributed by atoms with Crippen molar-refractivity contribution in [2.45, 2.75) is 57.4 Å². The van der Waals surface area contributed by atoms with E-state index in [9.17, 15) is 0 Å². The summed E-state index contributed by atoms with van der Waals surface area (Å²) in [5.74, 6) is 3.54. The van der Waals surface area contributed by atoms with Gasteiger partial charge in [-0.15, -0.1) is 0 Å². The summed E-state index contributed by atoms with van der Waals surface area (Å²) in [7, 11) is 3.44. The van der Waals surface area contributed by atoms with Crippen LogP contribution in [-0.4, -0.2) is 62.6 Å². The topological polar surface area (TPSA) is 75.1 Å². The van der Waals surface area contributed by atoms with E-state index in [0.29, 0.717) is 0 Å². The summed E-state index contributed by atoms with van der Waals surface area (Å²) in [5, 5.41) is 6.13. The van der Waals surface area contributed by atoms with E-state index in [1.54, 1.807) is 14.2 Å². The van der Waals surface area contributed by atoms with Crippen LogP contribution in [0.25, 0.3) is 21.8 Å². The Morgan fingerprint density at radius 3 is 1.95 bits per heavy atom. The van der Waals surface area contributed by atoms with Crippen LogP contribution >= 0.6 is 0 Å². The van der Waals surface area contributed by atoms with Gasteiger partial charge in [-0.3, -0.25) is 0 Å². The van der Waals surface area contributed by atoms with Crippen LogP contribution in [-0.2, 0) is 0 Å². The first-order valence-electron chi connectivity index (χ1n) is 16.0. The molecule has 0 amide bonds. The molecule has 2 saturated heterocycles. The summed E-state index contributed by atoms with van der Waals surface area (Å²) >= 11 is 0. The van der Waals surface area contributed by atoms with Gasteiger partial charge in [0.25, 0.3) is 0 Å². The van der Waals surface area contributed by atoms with Gasteiger partial charge in [0.1, 0.15) is 28.4 Å². The Morgan fingerprint density at radius 1 is 0.744 bits per heavy atom. The van der Waals surface area contributed by atoms with Crippen LogP contribution in [0.1, 0.15) is 51.4 Å². The highest BCUT2D eigenvalue weighted by molar-refractivity contribution is 5.98. The second-order valence-electron chi connectivity index (χ2n) is 12.1. The molecule has 8 heteroatoms. The maximum atomic E-state index is 5.74. The molecule has 7 rings (SSSR count). The van der Waals surface area contributed by atoms with Crippen molar-refractivity contribution in [2.75, 3.05) is 55.5 Å². The van der Waals surface area contributed by atoms with Gasteiger partial charge in [0, 0.05) is 72.9 Å². The van der Waals surface area contributed by atoms with Gasteiger partial charge >= 0.3 is 0 Å². The molecule has 2 unspecified atom stereocenters. The van der Waals surface area contributed by atoms with E-state index in [1.807, 2.05) is 12.1 Å². The number of benzene rings is 2. The molecule has 8 nitrogen and oxygen atoms in total. The van der Waals surface area contributed by atoms with Crippen LogP contribution in [0.5, 0.6) is 11.5 Å². The van der Waals surface area contributed by atoms with Crippen molar-refractivity contribution in [3.63, 3.8) is 0 Å². The van der Waals surface area contributed by atoms with Crippen LogP contribution < -0.4 is 24.6 Å². The third-order valence-electron chi connectivity index (χ3n) is 9.43. The molecule has 2 aromatic heterocycles. The molecular formula is C35H42N6O2. The van der Waals surface area contributed by atoms with Crippen molar-refractivity contribution in [3.05, 3.63) is 48.5 Å². The molecule has 1 N–H and O–H groups in total. The Hall–Kier alpha value is -4.07. The van der Waals surface area contributed by atoms with E-state index in [2.05, 4.69) is 57.7 Å². The monoisotopic (exact) mass is 578 g/mol. The highest BCUT2D eigenvalue weighted by atomic mass is 16.5. The van der Waals surface area contributed by atoms with Gasteiger partial charge in [-0.25, -0.2) is 15.0 Å². The van der Waals surface area contributed by atoms with Crippen LogP contribution in [0.2, 0.25) is 0 Å². The molecule has 1 aliphatic carbocycles. The van der Waals surface area contributed by atoms with Crippen LogP contribution in [0.4, 0.5) is 23.0 Å². The summed E-state index contributed by atoms with van der Waals surface area (Å²) in [6.07, 6.45) is 11.6. The fourth-order valence-electron chi connectivity index (χ4n) is 7.18. The minimum Gasteiger partial charge on any atom is -0.494 e. The van der Waals surface area contributed by atoms with Crippen LogP contribution in [0, 0.1) is 5.92 Å². The Bertz CT molecular complexity index is 1630. The van der Waals surface area contributed by atoms with E-state index >= 15 is 0 Å². The first-order chi connectivity index (χ1) is 21.2. The summed E-state index contributed by atoms with van der Waals surface area (Å²) in [6.45, 7) is 4.29. The lowest BCUT2D eigenvalue weighted by Crippen LogP contribution is -2.33. The molecule has 4 aromatic rings. The smallest absolute Gasteiger partial charge is 0.154 e. The number of methoxy groups -OCH3 is 2. The van der Waals surface area contributed by atoms with Gasteiger partial charge in [0.05, 0.1) is 19.9 Å². The third-order valence-corrected chi connectivity index (χ3v) is 9.43. The van der Waals surface area contributed by atoms with E-state index in [-0.39, 0.29) is 12.0 Å². The average molecular weight is 579 g/mol. The quantitative estimate of drug-likeness (QED) is 0.219. The van der Waals surface area contributed by atoms with Crippen molar-refractivity contribution < 1.29 is 9.47 Å². The van der Waals surface area contributed by atoms with Crippen LogP contribution in [0.3, 0.4) is 0 Å². The maximum Gasteiger partial charge on any atom is 0.154 e. The van der Waals surface area contributed by atoms with Gasteiger partial charge in [-0.05, 0) is 50.7 Å². The summed E-state index contributed by atoms with van der Waals surface area (Å²) in [4.78, 5) is 20.1. The zero-order valence-electron chi connectivity index (χ0n) is 25.4. The number of aliphatic imine (C=N–C) groups is 1. The van der Waals surface area contributed by atoms with Crippen molar-refractivity contribution >= 4 is 51.0 Å². The van der Waals surface area contributed by atoms with Gasteiger partial charge in [0.15, 0.2) is 5.82 Å². The molecule has 43 heavy (non-hydrogen) atoms. The number of hydrogen-bond donors (Lipinski definition) is 1. The van der Waals surface area contributed by atoms with Gasteiger partial charge in [-0.2, -0.15) is 0 Å². The van der Waals surface area contributed by atoms with E-state index in [1.165, 1.54) is 49.9 Å². The van der Waals surface area contributed by atoms with Crippen molar-refractivity contribution in [3.8, 4) is 11.5 Å². The number of aromatic nitrogens is 2. The van der Waals surface area contributed by atoms with Gasteiger partial charge < -0.3 is 24.6 Å². The molecule has 1 saturated carbocycles. The Balaban J connectivity index is 1.20. The normalized spacial score (nSPS) is 20.9. The molecule has 2 aromatic carbocycles. The minimum atomic E-state index is 0.247. The number of ether oxygens (including phenoxy) is 2. The molecule has 0 spiro atoms. The fraction of sp³-hybridized carbons (Fsp3) is 0.457. The van der Waals surface area contributed by atoms with Gasteiger partial charge in [-0.1, -0.05) is 37.1 Å². The number of fused-ring (bicyclic) bond motifs is 2. The number of nitrogens with zero attached hydrogens (tertiary/aromatic N) is 5. The number of pyridine rings is 2. The van der Waals surface area contributed by atoms with Gasteiger partial charge in [0.2, 0.25) is 0 Å². The standard InChI is InChI=1S/C35H42N6O2/c1-42-30-15-9-12-25-28(40-17-5-6-18-40)21-32(38-34(25)30)36-23-24-11-3-4-14-27(24)37-33-22-29(41-19-7-8-20-41)26-13-10-16-31(43-2)35(26)39-33/h9-10,12-13,15-16,21-24,27H,3-8,11,14,17-20H2,1-2H3,(H,37,39). The first-order valence-corrected chi connectivity index (χ1v) is 16.0. The summed E-state index contributed by atoms with van der Waals surface area (Å²) in [6, 6.07) is 17.1. The molecule has 3 fully saturated rings.